The number of carbonyl (C=O) groups is 2. The Balaban J connectivity index is 2.46. The van der Waals surface area contributed by atoms with E-state index < -0.39 is 28.5 Å². The van der Waals surface area contributed by atoms with E-state index in [1.54, 1.807) is 50.4 Å². The van der Waals surface area contributed by atoms with Crippen molar-refractivity contribution in [1.82, 2.24) is 10.2 Å². The van der Waals surface area contributed by atoms with Crippen molar-refractivity contribution in [2.75, 3.05) is 37.9 Å². The Labute approximate surface area is 208 Å². The summed E-state index contributed by atoms with van der Waals surface area (Å²) in [5.41, 5.74) is 1.81. The van der Waals surface area contributed by atoms with E-state index in [0.29, 0.717) is 18.0 Å². The van der Waals surface area contributed by atoms with E-state index in [2.05, 4.69) is 5.32 Å². The maximum absolute atomic E-state index is 13.6. The lowest BCUT2D eigenvalue weighted by atomic mass is 10.1. The number of carbonyl (C=O) groups excluding carboxylic acids is 2. The maximum Gasteiger partial charge on any atom is 0.244 e. The first-order chi connectivity index (χ1) is 16.5. The highest BCUT2D eigenvalue weighted by molar-refractivity contribution is 7.92. The molecule has 0 aliphatic carbocycles. The van der Waals surface area contributed by atoms with E-state index in [4.69, 9.17) is 9.47 Å². The average Bonchev–Trinajstić information content (AvgIpc) is 2.83. The lowest BCUT2D eigenvalue weighted by molar-refractivity contribution is -0.139. The van der Waals surface area contributed by atoms with Gasteiger partial charge in [-0.2, -0.15) is 0 Å². The molecule has 35 heavy (non-hydrogen) atoms. The molecule has 0 spiro atoms. The molecule has 0 saturated heterocycles. The molecule has 0 saturated carbocycles. The highest BCUT2D eigenvalue weighted by Gasteiger charge is 2.31. The van der Waals surface area contributed by atoms with E-state index in [0.717, 1.165) is 28.1 Å². The summed E-state index contributed by atoms with van der Waals surface area (Å²) in [5, 5.41) is 2.81. The predicted octanol–water partition coefficient (Wildman–Crippen LogP) is 2.72. The van der Waals surface area contributed by atoms with Gasteiger partial charge in [0.2, 0.25) is 21.8 Å². The van der Waals surface area contributed by atoms with Crippen molar-refractivity contribution in [1.29, 1.82) is 0 Å². The summed E-state index contributed by atoms with van der Waals surface area (Å²) in [7, 11) is -0.874. The first-order valence-corrected chi connectivity index (χ1v) is 13.2. The summed E-state index contributed by atoms with van der Waals surface area (Å²) in [6.45, 7) is 5.46. The molecule has 0 heterocycles. The molecule has 9 nitrogen and oxygen atoms in total. The summed E-state index contributed by atoms with van der Waals surface area (Å²) in [4.78, 5) is 27.8. The number of nitrogens with one attached hydrogen (secondary N) is 1. The number of hydrogen-bond donors (Lipinski definition) is 1. The van der Waals surface area contributed by atoms with Gasteiger partial charge in [0.1, 0.15) is 24.1 Å². The van der Waals surface area contributed by atoms with Crippen LogP contribution in [0.4, 0.5) is 5.69 Å². The van der Waals surface area contributed by atoms with Crippen molar-refractivity contribution in [2.24, 2.45) is 0 Å². The highest BCUT2D eigenvalue weighted by atomic mass is 32.2. The van der Waals surface area contributed by atoms with Gasteiger partial charge in [0, 0.05) is 13.1 Å². The van der Waals surface area contributed by atoms with Gasteiger partial charge in [-0.05, 0) is 55.7 Å². The minimum Gasteiger partial charge on any atom is -0.497 e. The van der Waals surface area contributed by atoms with Crippen LogP contribution in [0.3, 0.4) is 0 Å². The molecule has 2 rings (SSSR count). The second-order valence-corrected chi connectivity index (χ2v) is 10.2. The van der Waals surface area contributed by atoms with Crippen LogP contribution < -0.4 is 19.1 Å². The van der Waals surface area contributed by atoms with Gasteiger partial charge >= 0.3 is 0 Å². The molecular formula is C25H35N3O6S. The topological polar surface area (TPSA) is 105 Å². The van der Waals surface area contributed by atoms with E-state index in [1.807, 2.05) is 19.9 Å². The molecule has 0 fully saturated rings. The third-order valence-corrected chi connectivity index (χ3v) is 6.61. The van der Waals surface area contributed by atoms with Gasteiger partial charge in [-0.25, -0.2) is 8.42 Å². The number of aryl methyl sites for hydroxylation is 1. The molecule has 1 atom stereocenters. The van der Waals surface area contributed by atoms with Crippen molar-refractivity contribution < 1.29 is 27.5 Å². The minimum absolute atomic E-state index is 0.0965. The zero-order valence-electron chi connectivity index (χ0n) is 21.2. The smallest absolute Gasteiger partial charge is 0.244 e. The van der Waals surface area contributed by atoms with Crippen molar-refractivity contribution in [3.8, 4) is 11.5 Å². The molecule has 0 unspecified atom stereocenters. The van der Waals surface area contributed by atoms with Gasteiger partial charge in [-0.3, -0.25) is 13.9 Å². The summed E-state index contributed by atoms with van der Waals surface area (Å²) in [6, 6.07) is 11.4. The van der Waals surface area contributed by atoms with Crippen LogP contribution in [-0.2, 0) is 26.2 Å². The van der Waals surface area contributed by atoms with Crippen LogP contribution in [0.2, 0.25) is 0 Å². The summed E-state index contributed by atoms with van der Waals surface area (Å²) < 4.78 is 37.2. The Hall–Kier alpha value is -3.27. The van der Waals surface area contributed by atoms with Gasteiger partial charge in [0.05, 0.1) is 26.2 Å². The molecule has 2 aromatic carbocycles. The lowest BCUT2D eigenvalue weighted by Gasteiger charge is -2.32. The van der Waals surface area contributed by atoms with Crippen molar-refractivity contribution in [2.45, 2.75) is 39.8 Å². The lowest BCUT2D eigenvalue weighted by Crippen LogP contribution is -2.51. The molecule has 10 heteroatoms. The fourth-order valence-corrected chi connectivity index (χ4v) is 4.38. The van der Waals surface area contributed by atoms with Gasteiger partial charge in [-0.15, -0.1) is 0 Å². The van der Waals surface area contributed by atoms with Crippen molar-refractivity contribution >= 4 is 27.5 Å². The molecule has 0 aliphatic heterocycles. The number of amides is 2. The Morgan fingerprint density at radius 2 is 1.80 bits per heavy atom. The fourth-order valence-electron chi connectivity index (χ4n) is 3.54. The standard InChI is InChI=1S/C25H35N3O6S/c1-7-13-26-25(30)19(3)27(16-20-9-8-10-21(15-20)33-4)24(29)17-28(35(6,31)32)22-14-18(2)11-12-23(22)34-5/h8-12,14-15,19H,7,13,16-17H2,1-6H3,(H,26,30)/t19-/m1/s1. The summed E-state index contributed by atoms with van der Waals surface area (Å²) in [5.74, 6) is 0.0882. The van der Waals surface area contributed by atoms with Crippen LogP contribution in [0.25, 0.3) is 0 Å². The molecule has 0 aliphatic rings. The number of benzene rings is 2. The van der Waals surface area contributed by atoms with E-state index >= 15 is 0 Å². The molecule has 0 aromatic heterocycles. The summed E-state index contributed by atoms with van der Waals surface area (Å²) >= 11 is 0. The monoisotopic (exact) mass is 505 g/mol. The quantitative estimate of drug-likeness (QED) is 0.476. The third kappa shape index (κ3) is 7.61. The molecule has 0 bridgehead atoms. The van der Waals surface area contributed by atoms with Crippen LogP contribution in [-0.4, -0.2) is 64.7 Å². The first-order valence-electron chi connectivity index (χ1n) is 11.3. The normalized spacial score (nSPS) is 11.9. The third-order valence-electron chi connectivity index (χ3n) is 5.49. The second-order valence-electron chi connectivity index (χ2n) is 8.29. The van der Waals surface area contributed by atoms with Crippen molar-refractivity contribution in [3.63, 3.8) is 0 Å². The van der Waals surface area contributed by atoms with Crippen LogP contribution >= 0.6 is 0 Å². The zero-order valence-corrected chi connectivity index (χ0v) is 22.0. The molecule has 1 N–H and O–H groups in total. The number of nitrogens with zero attached hydrogens (tertiary/aromatic N) is 2. The SMILES string of the molecule is CCCNC(=O)[C@@H](C)N(Cc1cccc(OC)c1)C(=O)CN(c1cc(C)ccc1OC)S(C)(=O)=O. The largest absolute Gasteiger partial charge is 0.497 e. The molecule has 2 aromatic rings. The van der Waals surface area contributed by atoms with Gasteiger partial charge in [-0.1, -0.05) is 25.1 Å². The number of ether oxygens (including phenoxy) is 2. The maximum atomic E-state index is 13.6. The molecule has 2 amide bonds. The van der Waals surface area contributed by atoms with Gasteiger partial charge in [0.25, 0.3) is 0 Å². The van der Waals surface area contributed by atoms with Crippen LogP contribution in [0.15, 0.2) is 42.5 Å². The van der Waals surface area contributed by atoms with Crippen LogP contribution in [0, 0.1) is 6.92 Å². The van der Waals surface area contributed by atoms with Gasteiger partial charge < -0.3 is 19.7 Å². The first kappa shape index (κ1) is 28.0. The Morgan fingerprint density at radius 3 is 2.40 bits per heavy atom. The molecule has 0 radical (unpaired) electrons. The number of sulfonamides is 1. The number of rotatable bonds is 12. The Bertz CT molecular complexity index is 1140. The van der Waals surface area contributed by atoms with Crippen LogP contribution in [0.5, 0.6) is 11.5 Å². The van der Waals surface area contributed by atoms with E-state index in [-0.39, 0.29) is 18.1 Å². The van der Waals surface area contributed by atoms with Gasteiger partial charge in [0.15, 0.2) is 0 Å². The Morgan fingerprint density at radius 1 is 1.09 bits per heavy atom. The number of hydrogen-bond acceptors (Lipinski definition) is 6. The summed E-state index contributed by atoms with van der Waals surface area (Å²) in [6.07, 6.45) is 1.78. The minimum atomic E-state index is -3.85. The average molecular weight is 506 g/mol. The number of anilines is 1. The second kappa shape index (κ2) is 12.4. The fraction of sp³-hybridized carbons (Fsp3) is 0.440. The van der Waals surface area contributed by atoms with E-state index in [1.165, 1.54) is 12.0 Å². The van der Waals surface area contributed by atoms with E-state index in [9.17, 15) is 18.0 Å². The van der Waals surface area contributed by atoms with Crippen molar-refractivity contribution in [3.05, 3.63) is 53.6 Å². The highest BCUT2D eigenvalue weighted by Crippen LogP contribution is 2.31. The molecular weight excluding hydrogens is 470 g/mol. The Kier molecular flexibility index (Phi) is 9.94. The molecule has 192 valence electrons. The van der Waals surface area contributed by atoms with Crippen LogP contribution in [0.1, 0.15) is 31.4 Å². The predicted molar refractivity (Wildman–Crippen MR) is 136 cm³/mol. The zero-order chi connectivity index (χ0) is 26.2. The number of methoxy groups -OCH3 is 2.